The largest absolute Gasteiger partial charge is 0.293 e. The van der Waals surface area contributed by atoms with E-state index in [-0.39, 0.29) is 36.6 Å². The van der Waals surface area contributed by atoms with Gasteiger partial charge in [-0.2, -0.15) is 4.98 Å². The van der Waals surface area contributed by atoms with Gasteiger partial charge in [-0.15, -0.1) is 5.10 Å². The maximum Gasteiger partial charge on any atom is 0.248 e. The molecule has 1 spiro atoms. The molecule has 0 aromatic carbocycles. The first-order valence-corrected chi connectivity index (χ1v) is 8.95. The number of carbonyl (C=O) groups excluding carboxylic acids is 3. The standard InChI is InChI=1S/C17H25N5O3/c1-11(2)9-12-18-16(21-20-12)19-13(23)5-8-22-14(24)10-17(15(22)25)6-3-4-7-17/h11H,3-10H2,1-2H3,(H2,18,19,20,21,23). The summed E-state index contributed by atoms with van der Waals surface area (Å²) in [5.41, 5.74) is -0.483. The smallest absolute Gasteiger partial charge is 0.248 e. The summed E-state index contributed by atoms with van der Waals surface area (Å²) >= 11 is 0. The minimum absolute atomic E-state index is 0.0572. The quantitative estimate of drug-likeness (QED) is 0.761. The van der Waals surface area contributed by atoms with Gasteiger partial charge in [0.05, 0.1) is 5.41 Å². The normalized spacial score (nSPS) is 19.4. The summed E-state index contributed by atoms with van der Waals surface area (Å²) in [6.45, 7) is 4.26. The van der Waals surface area contributed by atoms with Crippen molar-refractivity contribution in [2.45, 2.75) is 58.8 Å². The number of likely N-dealkylation sites (tertiary alicyclic amines) is 1. The number of carbonyl (C=O) groups is 3. The zero-order valence-corrected chi connectivity index (χ0v) is 14.8. The van der Waals surface area contributed by atoms with Crippen LogP contribution in [0.1, 0.15) is 58.2 Å². The highest BCUT2D eigenvalue weighted by atomic mass is 16.2. The van der Waals surface area contributed by atoms with Crippen LogP contribution in [0.2, 0.25) is 0 Å². The highest BCUT2D eigenvalue weighted by Crippen LogP contribution is 2.46. The lowest BCUT2D eigenvalue weighted by molar-refractivity contribution is -0.141. The predicted molar refractivity (Wildman–Crippen MR) is 90.4 cm³/mol. The molecule has 1 aliphatic heterocycles. The van der Waals surface area contributed by atoms with Crippen LogP contribution < -0.4 is 5.32 Å². The van der Waals surface area contributed by atoms with Crippen LogP contribution in [-0.2, 0) is 20.8 Å². The maximum atomic E-state index is 12.6. The molecule has 0 atom stereocenters. The van der Waals surface area contributed by atoms with E-state index in [0.717, 1.165) is 37.9 Å². The minimum atomic E-state index is -0.483. The minimum Gasteiger partial charge on any atom is -0.293 e. The Morgan fingerprint density at radius 2 is 2.04 bits per heavy atom. The van der Waals surface area contributed by atoms with Gasteiger partial charge in [0, 0.05) is 25.8 Å². The van der Waals surface area contributed by atoms with Gasteiger partial charge in [-0.1, -0.05) is 26.7 Å². The van der Waals surface area contributed by atoms with Crippen molar-refractivity contribution in [3.63, 3.8) is 0 Å². The Kier molecular flexibility index (Phi) is 4.87. The average molecular weight is 347 g/mol. The van der Waals surface area contributed by atoms with Gasteiger partial charge in [-0.05, 0) is 18.8 Å². The number of hydrogen-bond donors (Lipinski definition) is 2. The van der Waals surface area contributed by atoms with Gasteiger partial charge in [-0.3, -0.25) is 29.7 Å². The molecule has 2 N–H and O–H groups in total. The fourth-order valence-corrected chi connectivity index (χ4v) is 3.76. The molecule has 25 heavy (non-hydrogen) atoms. The number of nitrogens with one attached hydrogen (secondary N) is 2. The molecule has 2 aliphatic rings. The van der Waals surface area contributed by atoms with E-state index >= 15 is 0 Å². The van der Waals surface area contributed by atoms with Crippen molar-refractivity contribution in [3.05, 3.63) is 5.82 Å². The third-order valence-electron chi connectivity index (χ3n) is 5.00. The van der Waals surface area contributed by atoms with Crippen molar-refractivity contribution in [1.82, 2.24) is 20.1 Å². The summed E-state index contributed by atoms with van der Waals surface area (Å²) in [6.07, 6.45) is 4.68. The Labute approximate surface area is 146 Å². The van der Waals surface area contributed by atoms with Crippen molar-refractivity contribution < 1.29 is 14.4 Å². The Morgan fingerprint density at radius 3 is 2.72 bits per heavy atom. The van der Waals surface area contributed by atoms with Crippen LogP contribution in [0.4, 0.5) is 5.95 Å². The van der Waals surface area contributed by atoms with Gasteiger partial charge in [0.25, 0.3) is 0 Å². The topological polar surface area (TPSA) is 108 Å². The van der Waals surface area contributed by atoms with E-state index in [2.05, 4.69) is 34.3 Å². The number of hydrogen-bond acceptors (Lipinski definition) is 5. The van der Waals surface area contributed by atoms with Crippen molar-refractivity contribution in [2.75, 3.05) is 11.9 Å². The molecule has 1 saturated heterocycles. The van der Waals surface area contributed by atoms with Crippen LogP contribution >= 0.6 is 0 Å². The molecule has 1 saturated carbocycles. The van der Waals surface area contributed by atoms with E-state index in [0.29, 0.717) is 12.3 Å². The van der Waals surface area contributed by atoms with E-state index in [4.69, 9.17) is 0 Å². The van der Waals surface area contributed by atoms with Crippen molar-refractivity contribution in [3.8, 4) is 0 Å². The zero-order valence-electron chi connectivity index (χ0n) is 14.8. The second-order valence-electron chi connectivity index (χ2n) is 7.52. The van der Waals surface area contributed by atoms with E-state index in [9.17, 15) is 14.4 Å². The van der Waals surface area contributed by atoms with E-state index in [1.165, 1.54) is 4.90 Å². The number of H-pyrrole nitrogens is 1. The molecule has 2 fully saturated rings. The third-order valence-corrected chi connectivity index (χ3v) is 5.00. The lowest BCUT2D eigenvalue weighted by atomic mass is 9.84. The number of anilines is 1. The number of imide groups is 1. The molecule has 1 aliphatic carbocycles. The Balaban J connectivity index is 1.51. The highest BCUT2D eigenvalue weighted by molar-refractivity contribution is 6.06. The number of aromatic amines is 1. The summed E-state index contributed by atoms with van der Waals surface area (Å²) in [4.78, 5) is 42.3. The summed E-state index contributed by atoms with van der Waals surface area (Å²) in [5, 5.41) is 9.36. The molecule has 0 bridgehead atoms. The predicted octanol–water partition coefficient (Wildman–Crippen LogP) is 1.65. The van der Waals surface area contributed by atoms with Gasteiger partial charge in [0.1, 0.15) is 5.82 Å². The molecule has 3 amide bonds. The van der Waals surface area contributed by atoms with Crippen LogP contribution in [0.25, 0.3) is 0 Å². The zero-order chi connectivity index (χ0) is 18.0. The van der Waals surface area contributed by atoms with Crippen LogP contribution in [0.3, 0.4) is 0 Å². The first-order chi connectivity index (χ1) is 11.9. The van der Waals surface area contributed by atoms with E-state index in [1.807, 2.05) is 0 Å². The van der Waals surface area contributed by atoms with Gasteiger partial charge in [0.2, 0.25) is 23.7 Å². The van der Waals surface area contributed by atoms with Crippen LogP contribution in [0.15, 0.2) is 0 Å². The van der Waals surface area contributed by atoms with Crippen molar-refractivity contribution >= 4 is 23.7 Å². The SMILES string of the molecule is CC(C)Cc1nc(NC(=O)CCN2C(=O)CC3(CCCC3)C2=O)n[nH]1. The molecular weight excluding hydrogens is 322 g/mol. The highest BCUT2D eigenvalue weighted by Gasteiger charge is 2.52. The number of aromatic nitrogens is 3. The lowest BCUT2D eigenvalue weighted by Crippen LogP contribution is -2.36. The summed E-state index contributed by atoms with van der Waals surface area (Å²) in [5.74, 6) is 0.830. The Morgan fingerprint density at radius 1 is 1.32 bits per heavy atom. The molecule has 8 nitrogen and oxygen atoms in total. The van der Waals surface area contributed by atoms with E-state index < -0.39 is 5.41 Å². The molecule has 1 aromatic heterocycles. The fourth-order valence-electron chi connectivity index (χ4n) is 3.76. The van der Waals surface area contributed by atoms with Gasteiger partial charge in [0.15, 0.2) is 0 Å². The number of rotatable bonds is 6. The fraction of sp³-hybridized carbons (Fsp3) is 0.706. The van der Waals surface area contributed by atoms with Crippen LogP contribution in [0, 0.1) is 11.3 Å². The molecular formula is C17H25N5O3. The molecule has 136 valence electrons. The molecule has 8 heteroatoms. The van der Waals surface area contributed by atoms with Crippen molar-refractivity contribution in [1.29, 1.82) is 0 Å². The van der Waals surface area contributed by atoms with Gasteiger partial charge < -0.3 is 0 Å². The molecule has 3 rings (SSSR count). The second kappa shape index (κ2) is 6.93. The van der Waals surface area contributed by atoms with Crippen LogP contribution in [-0.4, -0.2) is 44.3 Å². The second-order valence-corrected chi connectivity index (χ2v) is 7.52. The first-order valence-electron chi connectivity index (χ1n) is 8.95. The Bertz CT molecular complexity index is 676. The first kappa shape index (κ1) is 17.6. The molecule has 2 heterocycles. The van der Waals surface area contributed by atoms with Crippen LogP contribution in [0.5, 0.6) is 0 Å². The van der Waals surface area contributed by atoms with Gasteiger partial charge in [-0.25, -0.2) is 0 Å². The number of amides is 3. The lowest BCUT2D eigenvalue weighted by Gasteiger charge is -2.20. The van der Waals surface area contributed by atoms with E-state index in [1.54, 1.807) is 0 Å². The molecule has 1 aromatic rings. The average Bonchev–Trinajstić information content (AvgIpc) is 3.21. The summed E-state index contributed by atoms with van der Waals surface area (Å²) < 4.78 is 0. The van der Waals surface area contributed by atoms with Crippen molar-refractivity contribution in [2.24, 2.45) is 11.3 Å². The summed E-state index contributed by atoms with van der Waals surface area (Å²) in [6, 6.07) is 0. The summed E-state index contributed by atoms with van der Waals surface area (Å²) in [7, 11) is 0. The molecule has 0 radical (unpaired) electrons. The number of nitrogens with zero attached hydrogens (tertiary/aromatic N) is 3. The third kappa shape index (κ3) is 3.72. The maximum absolute atomic E-state index is 12.6. The van der Waals surface area contributed by atoms with Gasteiger partial charge >= 0.3 is 0 Å². The monoisotopic (exact) mass is 347 g/mol. The molecule has 0 unspecified atom stereocenters. The Hall–Kier alpha value is -2.25.